The third kappa shape index (κ3) is 5.58. The number of aromatic nitrogens is 2. The van der Waals surface area contributed by atoms with Crippen LogP contribution in [0.5, 0.6) is 0 Å². The summed E-state index contributed by atoms with van der Waals surface area (Å²) in [7, 11) is 0. The predicted molar refractivity (Wildman–Crippen MR) is 112 cm³/mol. The Morgan fingerprint density at radius 2 is 2.00 bits per heavy atom. The van der Waals surface area contributed by atoms with Gasteiger partial charge in [0.2, 0.25) is 0 Å². The fourth-order valence-electron chi connectivity index (χ4n) is 2.78. The summed E-state index contributed by atoms with van der Waals surface area (Å²) in [6.07, 6.45) is 6.26. The minimum atomic E-state index is -0.0204. The zero-order valence-corrected chi connectivity index (χ0v) is 17.6. The van der Waals surface area contributed by atoms with Gasteiger partial charge in [0.15, 0.2) is 0 Å². The summed E-state index contributed by atoms with van der Waals surface area (Å²) in [6, 6.07) is 12.9. The first-order valence-corrected chi connectivity index (χ1v) is 10.0. The molecule has 0 fully saturated rings. The molecular formula is C20H18BrCl2N3O. The van der Waals surface area contributed by atoms with Gasteiger partial charge in [-0.05, 0) is 42.3 Å². The van der Waals surface area contributed by atoms with Crippen LogP contribution >= 0.6 is 39.1 Å². The summed E-state index contributed by atoms with van der Waals surface area (Å²) in [6.45, 7) is 1.87. The molecule has 0 atom stereocenters. The van der Waals surface area contributed by atoms with Gasteiger partial charge in [-0.15, -0.1) is 0 Å². The predicted octanol–water partition coefficient (Wildman–Crippen LogP) is 5.69. The number of carbonyl (C=O) groups excluding carboxylic acids is 1. The Morgan fingerprint density at radius 3 is 2.70 bits per heavy atom. The van der Waals surface area contributed by atoms with Crippen LogP contribution in [0.4, 0.5) is 0 Å². The Balaban J connectivity index is 1.76. The van der Waals surface area contributed by atoms with E-state index in [-0.39, 0.29) is 5.91 Å². The molecule has 0 radical (unpaired) electrons. The molecule has 0 saturated carbocycles. The molecule has 1 aromatic heterocycles. The third-order valence-corrected chi connectivity index (χ3v) is 5.35. The second kappa shape index (κ2) is 9.40. The molecule has 0 spiro atoms. The van der Waals surface area contributed by atoms with Gasteiger partial charge in [-0.2, -0.15) is 0 Å². The molecule has 0 unspecified atom stereocenters. The lowest BCUT2D eigenvalue weighted by molar-refractivity contribution is 0.0739. The van der Waals surface area contributed by atoms with E-state index in [1.165, 1.54) is 0 Å². The molecule has 0 aliphatic rings. The first-order valence-electron chi connectivity index (χ1n) is 8.47. The average molecular weight is 467 g/mol. The van der Waals surface area contributed by atoms with Crippen molar-refractivity contribution in [2.24, 2.45) is 0 Å². The van der Waals surface area contributed by atoms with E-state index < -0.39 is 0 Å². The normalized spacial score (nSPS) is 10.8. The van der Waals surface area contributed by atoms with Crippen LogP contribution in [0.3, 0.4) is 0 Å². The number of hydrogen-bond donors (Lipinski definition) is 0. The van der Waals surface area contributed by atoms with Gasteiger partial charge in [-0.25, -0.2) is 4.98 Å². The number of amides is 1. The highest BCUT2D eigenvalue weighted by molar-refractivity contribution is 9.10. The standard InChI is InChI=1S/C20H18BrCl2N3O/c21-17-4-1-3-16(12-17)20(27)26(9-2-8-25-10-7-24-14-25)13-15-5-6-18(22)19(23)11-15/h1,3-7,10-12,14H,2,8-9,13H2. The van der Waals surface area contributed by atoms with Gasteiger partial charge in [0.05, 0.1) is 16.4 Å². The number of hydrogen-bond acceptors (Lipinski definition) is 2. The molecule has 27 heavy (non-hydrogen) atoms. The molecule has 7 heteroatoms. The highest BCUT2D eigenvalue weighted by atomic mass is 79.9. The minimum Gasteiger partial charge on any atom is -0.337 e. The molecule has 1 amide bonds. The van der Waals surface area contributed by atoms with Crippen molar-refractivity contribution in [2.75, 3.05) is 6.54 Å². The van der Waals surface area contributed by atoms with E-state index >= 15 is 0 Å². The lowest BCUT2D eigenvalue weighted by atomic mass is 10.1. The molecule has 140 valence electrons. The topological polar surface area (TPSA) is 38.1 Å². The molecule has 0 aliphatic heterocycles. The molecule has 3 rings (SSSR count). The highest BCUT2D eigenvalue weighted by Crippen LogP contribution is 2.24. The van der Waals surface area contributed by atoms with E-state index in [4.69, 9.17) is 23.2 Å². The number of rotatable bonds is 7. The van der Waals surface area contributed by atoms with Crippen LogP contribution in [0.15, 0.2) is 65.7 Å². The molecule has 1 heterocycles. The molecule has 0 N–H and O–H groups in total. The number of nitrogens with zero attached hydrogens (tertiary/aromatic N) is 3. The van der Waals surface area contributed by atoms with E-state index in [9.17, 15) is 4.79 Å². The van der Waals surface area contributed by atoms with Gasteiger partial charge in [0.25, 0.3) is 5.91 Å². The molecular weight excluding hydrogens is 449 g/mol. The van der Waals surface area contributed by atoms with Crippen LogP contribution in [-0.2, 0) is 13.1 Å². The smallest absolute Gasteiger partial charge is 0.254 e. The maximum atomic E-state index is 13.1. The van der Waals surface area contributed by atoms with Crippen molar-refractivity contribution in [1.29, 1.82) is 0 Å². The van der Waals surface area contributed by atoms with Crippen molar-refractivity contribution >= 4 is 45.0 Å². The highest BCUT2D eigenvalue weighted by Gasteiger charge is 2.17. The van der Waals surface area contributed by atoms with Crippen molar-refractivity contribution in [1.82, 2.24) is 14.5 Å². The van der Waals surface area contributed by atoms with Crippen molar-refractivity contribution in [3.05, 3.63) is 86.8 Å². The van der Waals surface area contributed by atoms with Crippen LogP contribution in [0.1, 0.15) is 22.3 Å². The molecule has 0 bridgehead atoms. The van der Waals surface area contributed by atoms with Gasteiger partial charge in [0.1, 0.15) is 0 Å². The molecule has 0 aliphatic carbocycles. The summed E-state index contributed by atoms with van der Waals surface area (Å²) in [5.74, 6) is -0.0204. The summed E-state index contributed by atoms with van der Waals surface area (Å²) >= 11 is 15.6. The average Bonchev–Trinajstić information content (AvgIpc) is 3.17. The summed E-state index contributed by atoms with van der Waals surface area (Å²) in [4.78, 5) is 19.0. The third-order valence-electron chi connectivity index (χ3n) is 4.12. The second-order valence-electron chi connectivity index (χ2n) is 6.14. The van der Waals surface area contributed by atoms with Crippen LogP contribution < -0.4 is 0 Å². The maximum Gasteiger partial charge on any atom is 0.254 e. The molecule has 4 nitrogen and oxygen atoms in total. The second-order valence-corrected chi connectivity index (χ2v) is 7.87. The summed E-state index contributed by atoms with van der Waals surface area (Å²) in [5.41, 5.74) is 1.59. The Bertz CT molecular complexity index is 915. The Morgan fingerprint density at radius 1 is 1.15 bits per heavy atom. The lowest BCUT2D eigenvalue weighted by Gasteiger charge is -2.23. The fraction of sp³-hybridized carbons (Fsp3) is 0.200. The van der Waals surface area contributed by atoms with E-state index in [0.717, 1.165) is 23.0 Å². The van der Waals surface area contributed by atoms with Crippen molar-refractivity contribution in [2.45, 2.75) is 19.5 Å². The van der Waals surface area contributed by atoms with Crippen molar-refractivity contribution in [3.63, 3.8) is 0 Å². The van der Waals surface area contributed by atoms with Gasteiger partial charge in [-0.3, -0.25) is 4.79 Å². The van der Waals surface area contributed by atoms with Crippen LogP contribution in [0.25, 0.3) is 0 Å². The van der Waals surface area contributed by atoms with Gasteiger partial charge >= 0.3 is 0 Å². The SMILES string of the molecule is O=C(c1cccc(Br)c1)N(CCCn1ccnc1)Cc1ccc(Cl)c(Cl)c1. The van der Waals surface area contributed by atoms with Crippen LogP contribution in [0.2, 0.25) is 10.0 Å². The van der Waals surface area contributed by atoms with Gasteiger partial charge in [-0.1, -0.05) is 51.3 Å². The van der Waals surface area contributed by atoms with Crippen molar-refractivity contribution in [3.8, 4) is 0 Å². The Hall–Kier alpha value is -1.82. The number of imidazole rings is 1. The zero-order valence-electron chi connectivity index (χ0n) is 14.5. The van der Waals surface area contributed by atoms with E-state index in [0.29, 0.717) is 28.7 Å². The van der Waals surface area contributed by atoms with Gasteiger partial charge in [0, 0.05) is 42.1 Å². The van der Waals surface area contributed by atoms with Crippen LogP contribution in [0, 0.1) is 0 Å². The van der Waals surface area contributed by atoms with E-state index in [1.807, 2.05) is 46.0 Å². The first kappa shape index (κ1) is 19.9. The zero-order chi connectivity index (χ0) is 19.2. The minimum absolute atomic E-state index is 0.0204. The maximum absolute atomic E-state index is 13.1. The fourth-order valence-corrected chi connectivity index (χ4v) is 3.50. The summed E-state index contributed by atoms with van der Waals surface area (Å²) in [5, 5.41) is 0.993. The number of halogens is 3. The Labute approximate surface area is 176 Å². The monoisotopic (exact) mass is 465 g/mol. The number of aryl methyl sites for hydroxylation is 1. The lowest BCUT2D eigenvalue weighted by Crippen LogP contribution is -2.32. The van der Waals surface area contributed by atoms with E-state index in [2.05, 4.69) is 20.9 Å². The van der Waals surface area contributed by atoms with Gasteiger partial charge < -0.3 is 9.47 Å². The summed E-state index contributed by atoms with van der Waals surface area (Å²) < 4.78 is 2.88. The van der Waals surface area contributed by atoms with E-state index in [1.54, 1.807) is 24.7 Å². The largest absolute Gasteiger partial charge is 0.337 e. The molecule has 2 aromatic carbocycles. The number of benzene rings is 2. The number of carbonyl (C=O) groups is 1. The molecule has 3 aromatic rings. The first-order chi connectivity index (χ1) is 13.0. The molecule has 0 saturated heterocycles. The van der Waals surface area contributed by atoms with Crippen LogP contribution in [-0.4, -0.2) is 26.9 Å². The van der Waals surface area contributed by atoms with Crippen molar-refractivity contribution < 1.29 is 4.79 Å². The Kier molecular flexibility index (Phi) is 6.94. The quantitative estimate of drug-likeness (QED) is 0.448.